The highest BCUT2D eigenvalue weighted by molar-refractivity contribution is 9.10. The summed E-state index contributed by atoms with van der Waals surface area (Å²) in [5, 5.41) is 3.03. The number of nitrogens with zero attached hydrogens (tertiary/aromatic N) is 3. The number of nitrogens with one attached hydrogen (secondary N) is 2. The van der Waals surface area contributed by atoms with Crippen molar-refractivity contribution in [1.29, 1.82) is 0 Å². The molecule has 3 aromatic rings. The number of aromatic nitrogens is 3. The average Bonchev–Trinajstić information content (AvgIpc) is 3.32. The Labute approximate surface area is 187 Å². The Bertz CT molecular complexity index is 1120. The molecule has 2 amide bonds. The van der Waals surface area contributed by atoms with Crippen molar-refractivity contribution >= 4 is 39.1 Å². The Hall–Kier alpha value is -2.88. The third kappa shape index (κ3) is 4.90. The third-order valence-electron chi connectivity index (χ3n) is 4.85. The number of likely N-dealkylation sites (tertiary alicyclic amines) is 1. The summed E-state index contributed by atoms with van der Waals surface area (Å²) in [6.07, 6.45) is 2.76. The van der Waals surface area contributed by atoms with E-state index in [1.54, 1.807) is 29.3 Å². The summed E-state index contributed by atoms with van der Waals surface area (Å²) in [6.45, 7) is 6.53. The molecule has 0 aliphatic carbocycles. The lowest BCUT2D eigenvalue weighted by molar-refractivity contribution is 0.0185. The summed E-state index contributed by atoms with van der Waals surface area (Å²) in [5.41, 5.74) is 0.831. The monoisotopic (exact) mass is 489 g/mol. The van der Waals surface area contributed by atoms with Crippen LogP contribution in [-0.2, 0) is 4.74 Å². The van der Waals surface area contributed by atoms with E-state index in [2.05, 4.69) is 36.2 Å². The zero-order valence-corrected chi connectivity index (χ0v) is 19.2. The average molecular weight is 490 g/mol. The first-order valence-electron chi connectivity index (χ1n) is 10.1. The van der Waals surface area contributed by atoms with E-state index >= 15 is 0 Å². The minimum absolute atomic E-state index is 0.166. The van der Waals surface area contributed by atoms with E-state index in [0.29, 0.717) is 46.1 Å². The van der Waals surface area contributed by atoms with Crippen molar-refractivity contribution in [2.75, 3.05) is 13.1 Å². The van der Waals surface area contributed by atoms with Crippen LogP contribution < -0.4 is 5.32 Å². The molecule has 1 aliphatic rings. The van der Waals surface area contributed by atoms with Gasteiger partial charge in [0.15, 0.2) is 21.9 Å². The number of rotatable bonds is 3. The predicted octanol–water partition coefficient (Wildman–Crippen LogP) is 4.11. The molecular weight excluding hydrogens is 466 g/mol. The van der Waals surface area contributed by atoms with E-state index in [4.69, 9.17) is 9.15 Å². The highest BCUT2D eigenvalue weighted by atomic mass is 79.9. The number of ether oxygens (including phenoxy) is 1. The molecule has 1 atom stereocenters. The summed E-state index contributed by atoms with van der Waals surface area (Å²) < 4.78 is 11.6. The summed E-state index contributed by atoms with van der Waals surface area (Å²) >= 11 is 3.27. The van der Waals surface area contributed by atoms with Gasteiger partial charge in [0.2, 0.25) is 0 Å². The first-order valence-corrected chi connectivity index (χ1v) is 10.9. The molecular formula is C21H24BrN5O4. The lowest BCUT2D eigenvalue weighted by Crippen LogP contribution is -2.50. The number of halogens is 1. The van der Waals surface area contributed by atoms with Crippen LogP contribution in [0.15, 0.2) is 33.5 Å². The Morgan fingerprint density at radius 2 is 2.13 bits per heavy atom. The second kappa shape index (κ2) is 8.33. The maximum Gasteiger partial charge on any atom is 0.410 e. The lowest BCUT2D eigenvalue weighted by Gasteiger charge is -2.34. The fraction of sp³-hybridized carbons (Fsp3) is 0.429. The fourth-order valence-corrected chi connectivity index (χ4v) is 3.82. The first kappa shape index (κ1) is 21.4. The van der Waals surface area contributed by atoms with Crippen LogP contribution in [0.3, 0.4) is 0 Å². The van der Waals surface area contributed by atoms with Crippen molar-refractivity contribution in [2.24, 2.45) is 0 Å². The van der Waals surface area contributed by atoms with Gasteiger partial charge in [-0.1, -0.05) is 0 Å². The number of hydrogen-bond acceptors (Lipinski definition) is 6. The van der Waals surface area contributed by atoms with Crippen LogP contribution in [0.2, 0.25) is 0 Å². The maximum absolute atomic E-state index is 13.0. The van der Waals surface area contributed by atoms with Crippen molar-refractivity contribution in [2.45, 2.75) is 45.3 Å². The molecule has 4 heterocycles. The lowest BCUT2D eigenvalue weighted by atomic mass is 10.1. The zero-order valence-electron chi connectivity index (χ0n) is 17.6. The van der Waals surface area contributed by atoms with E-state index in [0.717, 1.165) is 12.8 Å². The molecule has 0 spiro atoms. The molecule has 10 heteroatoms. The molecule has 1 saturated heterocycles. The number of piperidine rings is 1. The van der Waals surface area contributed by atoms with Crippen LogP contribution >= 0.6 is 15.9 Å². The zero-order chi connectivity index (χ0) is 22.2. The third-order valence-corrected chi connectivity index (χ3v) is 5.28. The molecule has 164 valence electrons. The van der Waals surface area contributed by atoms with E-state index < -0.39 is 5.60 Å². The van der Waals surface area contributed by atoms with Crippen LogP contribution in [0.5, 0.6) is 0 Å². The number of pyridine rings is 1. The van der Waals surface area contributed by atoms with E-state index in [9.17, 15) is 9.59 Å². The standard InChI is InChI=1S/C21H24BrN5O4/c1-21(2,3)31-20(29)27-10-4-5-12(11-27)24-19(28)13-8-9-23-18-16(13)25-17(26-18)14-6-7-15(22)30-14/h6-9,12H,4-5,10-11H2,1-3H3,(H,24,28)(H,23,25,26). The number of carbonyl (C=O) groups excluding carboxylic acids is 2. The number of H-pyrrole nitrogens is 1. The normalized spacial score (nSPS) is 17.0. The number of carbonyl (C=O) groups is 2. The number of fused-ring (bicyclic) bond motifs is 1. The topological polar surface area (TPSA) is 113 Å². The Balaban J connectivity index is 1.49. The van der Waals surface area contributed by atoms with Gasteiger partial charge in [-0.05, 0) is 67.7 Å². The predicted molar refractivity (Wildman–Crippen MR) is 118 cm³/mol. The minimum atomic E-state index is -0.558. The first-order chi connectivity index (χ1) is 14.7. The molecule has 1 fully saturated rings. The van der Waals surface area contributed by atoms with Gasteiger partial charge in [0.05, 0.1) is 11.1 Å². The summed E-state index contributed by atoms with van der Waals surface area (Å²) in [6, 6.07) is 5.02. The van der Waals surface area contributed by atoms with Crippen LogP contribution in [0.1, 0.15) is 44.0 Å². The molecule has 3 aromatic heterocycles. The maximum atomic E-state index is 13.0. The molecule has 0 saturated carbocycles. The van der Waals surface area contributed by atoms with E-state index in [1.807, 2.05) is 20.8 Å². The molecule has 0 bridgehead atoms. The molecule has 31 heavy (non-hydrogen) atoms. The van der Waals surface area contributed by atoms with Crippen molar-refractivity contribution in [3.05, 3.63) is 34.6 Å². The van der Waals surface area contributed by atoms with Crippen molar-refractivity contribution < 1.29 is 18.7 Å². The van der Waals surface area contributed by atoms with Crippen LogP contribution in [0.4, 0.5) is 4.79 Å². The van der Waals surface area contributed by atoms with Crippen molar-refractivity contribution in [1.82, 2.24) is 25.2 Å². The van der Waals surface area contributed by atoms with Gasteiger partial charge in [0.1, 0.15) is 5.60 Å². The van der Waals surface area contributed by atoms with Gasteiger partial charge >= 0.3 is 6.09 Å². The number of hydrogen-bond donors (Lipinski definition) is 2. The van der Waals surface area contributed by atoms with Gasteiger partial charge in [0.25, 0.3) is 5.91 Å². The Morgan fingerprint density at radius 1 is 1.32 bits per heavy atom. The fourth-order valence-electron chi connectivity index (χ4n) is 3.51. The second-order valence-corrected chi connectivity index (χ2v) is 9.27. The van der Waals surface area contributed by atoms with Crippen LogP contribution in [-0.4, -0.2) is 56.6 Å². The molecule has 0 radical (unpaired) electrons. The van der Waals surface area contributed by atoms with E-state index in [-0.39, 0.29) is 18.0 Å². The van der Waals surface area contributed by atoms with E-state index in [1.165, 1.54) is 0 Å². The molecule has 9 nitrogen and oxygen atoms in total. The van der Waals surface area contributed by atoms with Crippen LogP contribution in [0, 0.1) is 0 Å². The van der Waals surface area contributed by atoms with Gasteiger partial charge in [0, 0.05) is 25.3 Å². The van der Waals surface area contributed by atoms with Gasteiger partial charge in [-0.15, -0.1) is 0 Å². The molecule has 0 aromatic carbocycles. The van der Waals surface area contributed by atoms with Crippen LogP contribution in [0.25, 0.3) is 22.7 Å². The molecule has 1 aliphatic heterocycles. The summed E-state index contributed by atoms with van der Waals surface area (Å²) in [7, 11) is 0. The molecule has 4 rings (SSSR count). The van der Waals surface area contributed by atoms with Crippen molar-refractivity contribution in [3.8, 4) is 11.6 Å². The smallest absolute Gasteiger partial charge is 0.410 e. The number of amides is 2. The largest absolute Gasteiger partial charge is 0.446 e. The van der Waals surface area contributed by atoms with Crippen molar-refractivity contribution in [3.63, 3.8) is 0 Å². The SMILES string of the molecule is CC(C)(C)OC(=O)N1CCCC(NC(=O)c2ccnc3nc(-c4ccc(Br)o4)[nH]c23)C1. The van der Waals surface area contributed by atoms with Gasteiger partial charge in [-0.3, -0.25) is 4.79 Å². The summed E-state index contributed by atoms with van der Waals surface area (Å²) in [5.74, 6) is 0.776. The Morgan fingerprint density at radius 3 is 2.84 bits per heavy atom. The van der Waals surface area contributed by atoms with Gasteiger partial charge < -0.3 is 24.4 Å². The highest BCUT2D eigenvalue weighted by Crippen LogP contribution is 2.25. The molecule has 1 unspecified atom stereocenters. The second-order valence-electron chi connectivity index (χ2n) is 8.49. The number of imidazole rings is 1. The minimum Gasteiger partial charge on any atom is -0.446 e. The number of aromatic amines is 1. The molecule has 2 N–H and O–H groups in total. The van der Waals surface area contributed by atoms with Gasteiger partial charge in [-0.25, -0.2) is 14.8 Å². The Kier molecular flexibility index (Phi) is 5.74. The van der Waals surface area contributed by atoms with Gasteiger partial charge in [-0.2, -0.15) is 0 Å². The summed E-state index contributed by atoms with van der Waals surface area (Å²) in [4.78, 5) is 38.9. The number of furan rings is 1. The quantitative estimate of drug-likeness (QED) is 0.572. The highest BCUT2D eigenvalue weighted by Gasteiger charge is 2.29.